The van der Waals surface area contributed by atoms with Crippen LogP contribution in [-0.2, 0) is 11.3 Å². The second-order valence-electron chi connectivity index (χ2n) is 5.85. The van der Waals surface area contributed by atoms with Crippen LogP contribution < -0.4 is 10.2 Å². The number of ether oxygens (including phenoxy) is 1. The van der Waals surface area contributed by atoms with E-state index in [1.165, 1.54) is 6.07 Å². The fourth-order valence-electron chi connectivity index (χ4n) is 2.66. The average molecular weight is 411 g/mol. The number of halogens is 2. The van der Waals surface area contributed by atoms with Crippen LogP contribution in [0.25, 0.3) is 0 Å². The van der Waals surface area contributed by atoms with E-state index in [0.29, 0.717) is 13.2 Å². The molecule has 0 spiro atoms. The van der Waals surface area contributed by atoms with Crippen molar-refractivity contribution in [1.29, 1.82) is 0 Å². The van der Waals surface area contributed by atoms with Crippen molar-refractivity contribution >= 4 is 40.6 Å². The maximum Gasteiger partial charge on any atom is 0.290 e. The highest BCUT2D eigenvalue weighted by Gasteiger charge is 2.20. The molecule has 1 N–H and O–H groups in total. The molecule has 0 radical (unpaired) electrons. The molecular formula is C17H16Cl2N4O4. The maximum absolute atomic E-state index is 12.4. The molecule has 1 aliphatic heterocycles. The van der Waals surface area contributed by atoms with E-state index >= 15 is 0 Å². The van der Waals surface area contributed by atoms with Crippen LogP contribution in [0.3, 0.4) is 0 Å². The Morgan fingerprint density at radius 1 is 1.30 bits per heavy atom. The molecule has 0 unspecified atom stereocenters. The number of hydrogen-bond donors (Lipinski definition) is 1. The molecule has 1 aliphatic rings. The summed E-state index contributed by atoms with van der Waals surface area (Å²) in [6.07, 6.45) is 1.68. The van der Waals surface area contributed by atoms with Gasteiger partial charge in [0.1, 0.15) is 10.8 Å². The topological polar surface area (TPSA) is 97.6 Å². The van der Waals surface area contributed by atoms with Crippen molar-refractivity contribution in [3.63, 3.8) is 0 Å². The Balaban J connectivity index is 1.70. The van der Waals surface area contributed by atoms with Crippen LogP contribution in [0.4, 0.5) is 11.5 Å². The third-order valence-corrected chi connectivity index (χ3v) is 4.86. The van der Waals surface area contributed by atoms with E-state index in [2.05, 4.69) is 15.2 Å². The Morgan fingerprint density at radius 2 is 2.04 bits per heavy atom. The van der Waals surface area contributed by atoms with E-state index in [1.807, 2.05) is 6.07 Å². The summed E-state index contributed by atoms with van der Waals surface area (Å²) in [5, 5.41) is 13.5. The Kier molecular flexibility index (Phi) is 6.10. The summed E-state index contributed by atoms with van der Waals surface area (Å²) in [5.74, 6) is 0.330. The van der Waals surface area contributed by atoms with Gasteiger partial charge in [-0.15, -0.1) is 0 Å². The predicted octanol–water partition coefficient (Wildman–Crippen LogP) is 3.06. The number of carbonyl (C=O) groups excluding carboxylic acids is 1. The minimum absolute atomic E-state index is 0.0467. The summed E-state index contributed by atoms with van der Waals surface area (Å²) in [6.45, 7) is 3.07. The highest BCUT2D eigenvalue weighted by molar-refractivity contribution is 6.43. The van der Waals surface area contributed by atoms with Gasteiger partial charge in [0.15, 0.2) is 0 Å². The van der Waals surface area contributed by atoms with Crippen molar-refractivity contribution in [3.8, 4) is 0 Å². The van der Waals surface area contributed by atoms with Crippen LogP contribution in [-0.4, -0.2) is 42.1 Å². The zero-order chi connectivity index (χ0) is 19.4. The molecule has 10 heteroatoms. The van der Waals surface area contributed by atoms with E-state index in [9.17, 15) is 14.9 Å². The quantitative estimate of drug-likeness (QED) is 0.600. The van der Waals surface area contributed by atoms with Gasteiger partial charge in [0.05, 0.1) is 23.2 Å². The van der Waals surface area contributed by atoms with Crippen molar-refractivity contribution < 1.29 is 14.5 Å². The SMILES string of the molecule is O=C(NCc1ccnc(N2CCOCC2)c1)c1cc(Cl)c(Cl)c([N+](=O)[O-])c1. The van der Waals surface area contributed by atoms with Crippen LogP contribution in [0.15, 0.2) is 30.5 Å². The number of rotatable bonds is 5. The Hall–Kier alpha value is -2.42. The lowest BCUT2D eigenvalue weighted by Crippen LogP contribution is -2.36. The Labute approximate surface area is 165 Å². The van der Waals surface area contributed by atoms with Gasteiger partial charge in [0.2, 0.25) is 0 Å². The number of nitro benzene ring substituents is 1. The third kappa shape index (κ3) is 4.65. The summed E-state index contributed by atoms with van der Waals surface area (Å²) in [4.78, 5) is 29.2. The van der Waals surface area contributed by atoms with Gasteiger partial charge in [-0.1, -0.05) is 23.2 Å². The van der Waals surface area contributed by atoms with E-state index < -0.39 is 16.5 Å². The molecule has 2 heterocycles. The van der Waals surface area contributed by atoms with Crippen LogP contribution in [0.2, 0.25) is 10.0 Å². The number of carbonyl (C=O) groups is 1. The maximum atomic E-state index is 12.4. The van der Waals surface area contributed by atoms with E-state index in [1.54, 1.807) is 12.3 Å². The van der Waals surface area contributed by atoms with Crippen LogP contribution in [0.1, 0.15) is 15.9 Å². The largest absolute Gasteiger partial charge is 0.378 e. The minimum Gasteiger partial charge on any atom is -0.378 e. The lowest BCUT2D eigenvalue weighted by Gasteiger charge is -2.28. The van der Waals surface area contributed by atoms with E-state index in [-0.39, 0.29) is 22.2 Å². The van der Waals surface area contributed by atoms with Crippen molar-refractivity contribution in [1.82, 2.24) is 10.3 Å². The minimum atomic E-state index is -0.678. The molecule has 0 aliphatic carbocycles. The standard InChI is InChI=1S/C17H16Cl2N4O4/c18-13-8-12(9-14(16(13)19)23(25)26)17(24)21-10-11-1-2-20-15(7-11)22-3-5-27-6-4-22/h1-2,7-9H,3-6,10H2,(H,21,24). The summed E-state index contributed by atoms with van der Waals surface area (Å²) in [6, 6.07) is 6.09. The summed E-state index contributed by atoms with van der Waals surface area (Å²) < 4.78 is 5.33. The monoisotopic (exact) mass is 410 g/mol. The van der Waals surface area contributed by atoms with Crippen molar-refractivity contribution in [2.45, 2.75) is 6.54 Å². The van der Waals surface area contributed by atoms with Crippen LogP contribution >= 0.6 is 23.2 Å². The van der Waals surface area contributed by atoms with Gasteiger partial charge in [-0.2, -0.15) is 0 Å². The first-order valence-electron chi connectivity index (χ1n) is 8.15. The van der Waals surface area contributed by atoms with Crippen LogP contribution in [0.5, 0.6) is 0 Å². The lowest BCUT2D eigenvalue weighted by atomic mass is 10.1. The highest BCUT2D eigenvalue weighted by Crippen LogP contribution is 2.33. The molecular weight excluding hydrogens is 395 g/mol. The lowest BCUT2D eigenvalue weighted by molar-refractivity contribution is -0.384. The fourth-order valence-corrected chi connectivity index (χ4v) is 3.05. The van der Waals surface area contributed by atoms with E-state index in [4.69, 9.17) is 27.9 Å². The zero-order valence-electron chi connectivity index (χ0n) is 14.2. The second-order valence-corrected chi connectivity index (χ2v) is 6.64. The smallest absolute Gasteiger partial charge is 0.290 e. The molecule has 1 fully saturated rings. The predicted molar refractivity (Wildman–Crippen MR) is 102 cm³/mol. The molecule has 1 amide bonds. The first-order chi connectivity index (χ1) is 13.0. The molecule has 0 bridgehead atoms. The average Bonchev–Trinajstić information content (AvgIpc) is 2.68. The van der Waals surface area contributed by atoms with Gasteiger partial charge >= 0.3 is 0 Å². The summed E-state index contributed by atoms with van der Waals surface area (Å²) >= 11 is 11.7. The number of pyridine rings is 1. The molecule has 0 saturated carbocycles. The molecule has 1 saturated heterocycles. The number of nitrogens with zero attached hydrogens (tertiary/aromatic N) is 3. The normalized spacial score (nSPS) is 14.1. The second kappa shape index (κ2) is 8.51. The van der Waals surface area contributed by atoms with Gasteiger partial charge in [0.25, 0.3) is 11.6 Å². The molecule has 1 aromatic carbocycles. The molecule has 27 heavy (non-hydrogen) atoms. The number of benzene rings is 1. The van der Waals surface area contributed by atoms with Gasteiger partial charge in [-0.05, 0) is 23.8 Å². The molecule has 8 nitrogen and oxygen atoms in total. The zero-order valence-corrected chi connectivity index (χ0v) is 15.7. The first-order valence-corrected chi connectivity index (χ1v) is 8.90. The molecule has 2 aromatic rings. The van der Waals surface area contributed by atoms with Gasteiger partial charge in [0, 0.05) is 37.5 Å². The number of aromatic nitrogens is 1. The summed E-state index contributed by atoms with van der Waals surface area (Å²) in [5.41, 5.74) is 0.515. The van der Waals surface area contributed by atoms with Crippen molar-refractivity contribution in [2.75, 3.05) is 31.2 Å². The number of hydrogen-bond acceptors (Lipinski definition) is 6. The number of nitrogens with one attached hydrogen (secondary N) is 1. The van der Waals surface area contributed by atoms with Gasteiger partial charge in [-0.25, -0.2) is 4.98 Å². The Bertz CT molecular complexity index is 872. The molecule has 142 valence electrons. The first kappa shape index (κ1) is 19.3. The molecule has 1 aromatic heterocycles. The number of anilines is 1. The highest BCUT2D eigenvalue weighted by atomic mass is 35.5. The van der Waals surface area contributed by atoms with Gasteiger partial charge < -0.3 is 15.0 Å². The van der Waals surface area contributed by atoms with Crippen LogP contribution in [0, 0.1) is 10.1 Å². The van der Waals surface area contributed by atoms with E-state index in [0.717, 1.165) is 30.5 Å². The van der Waals surface area contributed by atoms with Gasteiger partial charge in [-0.3, -0.25) is 14.9 Å². The molecule has 0 atom stereocenters. The third-order valence-electron chi connectivity index (χ3n) is 4.07. The van der Waals surface area contributed by atoms with Crippen molar-refractivity contribution in [2.24, 2.45) is 0 Å². The van der Waals surface area contributed by atoms with Crippen molar-refractivity contribution in [3.05, 3.63) is 61.7 Å². The number of morpholine rings is 1. The number of amides is 1. The molecule has 3 rings (SSSR count). The number of nitro groups is 1. The summed E-state index contributed by atoms with van der Waals surface area (Å²) in [7, 11) is 0. The Morgan fingerprint density at radius 3 is 2.74 bits per heavy atom. The fraction of sp³-hybridized carbons (Fsp3) is 0.294.